The van der Waals surface area contributed by atoms with E-state index in [1.54, 1.807) is 11.3 Å². The largest absolute Gasteiger partial charge is 0.373 e. The van der Waals surface area contributed by atoms with Crippen LogP contribution in [0.5, 0.6) is 0 Å². The Bertz CT molecular complexity index is 280. The van der Waals surface area contributed by atoms with Crippen LogP contribution in [-0.4, -0.2) is 19.2 Å². The van der Waals surface area contributed by atoms with E-state index in [9.17, 15) is 0 Å². The SMILES string of the molecule is C[C@H](OCC[C@@H]1CCCCN1)c1cccs1. The summed E-state index contributed by atoms with van der Waals surface area (Å²) in [4.78, 5) is 1.33. The second-order valence-corrected chi connectivity index (χ2v) is 5.44. The van der Waals surface area contributed by atoms with E-state index >= 15 is 0 Å². The van der Waals surface area contributed by atoms with Crippen molar-refractivity contribution in [1.29, 1.82) is 0 Å². The van der Waals surface area contributed by atoms with Gasteiger partial charge in [-0.15, -0.1) is 11.3 Å². The van der Waals surface area contributed by atoms with Gasteiger partial charge in [0.05, 0.1) is 6.10 Å². The minimum absolute atomic E-state index is 0.253. The number of thiophene rings is 1. The summed E-state index contributed by atoms with van der Waals surface area (Å²) < 4.78 is 5.86. The van der Waals surface area contributed by atoms with Crippen LogP contribution in [0.1, 0.15) is 43.6 Å². The van der Waals surface area contributed by atoms with Crippen LogP contribution in [0, 0.1) is 0 Å². The van der Waals surface area contributed by atoms with Crippen LogP contribution in [0.15, 0.2) is 17.5 Å². The molecule has 0 aromatic carbocycles. The van der Waals surface area contributed by atoms with E-state index in [1.165, 1.54) is 30.7 Å². The number of ether oxygens (including phenoxy) is 1. The monoisotopic (exact) mass is 239 g/mol. The Balaban J connectivity index is 1.63. The van der Waals surface area contributed by atoms with E-state index in [4.69, 9.17) is 4.74 Å². The lowest BCUT2D eigenvalue weighted by Gasteiger charge is -2.23. The maximum atomic E-state index is 5.86. The van der Waals surface area contributed by atoms with Crippen molar-refractivity contribution < 1.29 is 4.74 Å². The quantitative estimate of drug-likeness (QED) is 0.850. The van der Waals surface area contributed by atoms with Crippen molar-refractivity contribution in [3.8, 4) is 0 Å². The van der Waals surface area contributed by atoms with Crippen LogP contribution < -0.4 is 5.32 Å². The summed E-state index contributed by atoms with van der Waals surface area (Å²) >= 11 is 1.78. The summed E-state index contributed by atoms with van der Waals surface area (Å²) in [6.45, 7) is 4.20. The minimum Gasteiger partial charge on any atom is -0.373 e. The van der Waals surface area contributed by atoms with Crippen LogP contribution in [-0.2, 0) is 4.74 Å². The Kier molecular flexibility index (Phi) is 4.82. The van der Waals surface area contributed by atoms with Gasteiger partial charge in [-0.25, -0.2) is 0 Å². The van der Waals surface area contributed by atoms with Gasteiger partial charge in [0.15, 0.2) is 0 Å². The van der Waals surface area contributed by atoms with Gasteiger partial charge in [-0.3, -0.25) is 0 Å². The van der Waals surface area contributed by atoms with Gasteiger partial charge in [0.2, 0.25) is 0 Å². The summed E-state index contributed by atoms with van der Waals surface area (Å²) in [5.74, 6) is 0. The zero-order valence-corrected chi connectivity index (χ0v) is 10.8. The van der Waals surface area contributed by atoms with E-state index < -0.39 is 0 Å². The highest BCUT2D eigenvalue weighted by molar-refractivity contribution is 7.10. The molecule has 2 heterocycles. The molecule has 0 unspecified atom stereocenters. The normalized spacial score (nSPS) is 23.2. The molecule has 0 bridgehead atoms. The molecule has 2 nitrogen and oxygen atoms in total. The average Bonchev–Trinajstić information content (AvgIpc) is 2.84. The maximum absolute atomic E-state index is 5.86. The maximum Gasteiger partial charge on any atom is 0.0888 e. The Hall–Kier alpha value is -0.380. The Morgan fingerprint density at radius 1 is 1.56 bits per heavy atom. The molecule has 1 saturated heterocycles. The summed E-state index contributed by atoms with van der Waals surface area (Å²) in [5, 5.41) is 5.66. The second kappa shape index (κ2) is 6.38. The Morgan fingerprint density at radius 3 is 3.19 bits per heavy atom. The van der Waals surface area contributed by atoms with Gasteiger partial charge in [0, 0.05) is 17.5 Å². The van der Waals surface area contributed by atoms with Crippen LogP contribution in [0.2, 0.25) is 0 Å². The number of rotatable bonds is 5. The summed E-state index contributed by atoms with van der Waals surface area (Å²) in [6, 6.07) is 4.92. The third-order valence-electron chi connectivity index (χ3n) is 3.19. The lowest BCUT2D eigenvalue weighted by atomic mass is 10.0. The number of hydrogen-bond acceptors (Lipinski definition) is 3. The predicted molar refractivity (Wildman–Crippen MR) is 68.9 cm³/mol. The molecule has 1 aliphatic rings. The molecule has 1 aromatic heterocycles. The third-order valence-corrected chi connectivity index (χ3v) is 4.22. The average molecular weight is 239 g/mol. The second-order valence-electron chi connectivity index (χ2n) is 4.46. The molecule has 0 amide bonds. The lowest BCUT2D eigenvalue weighted by Crippen LogP contribution is -2.34. The molecule has 0 radical (unpaired) electrons. The Labute approximate surface area is 102 Å². The van der Waals surface area contributed by atoms with Crippen molar-refractivity contribution >= 4 is 11.3 Å². The van der Waals surface area contributed by atoms with Crippen molar-refractivity contribution in [2.24, 2.45) is 0 Å². The predicted octanol–water partition coefficient (Wildman–Crippen LogP) is 3.36. The van der Waals surface area contributed by atoms with Gasteiger partial charge in [-0.05, 0) is 44.2 Å². The highest BCUT2D eigenvalue weighted by Crippen LogP contribution is 2.22. The fourth-order valence-electron chi connectivity index (χ4n) is 2.16. The minimum atomic E-state index is 0.253. The van der Waals surface area contributed by atoms with Crippen LogP contribution in [0.3, 0.4) is 0 Å². The standard InChI is InChI=1S/C13H21NOS/c1-11(13-6-4-10-16-13)15-9-7-12-5-2-3-8-14-12/h4,6,10-12,14H,2-3,5,7-9H2,1H3/t11-,12-/m0/s1. The molecule has 0 aliphatic carbocycles. The first kappa shape index (κ1) is 12.1. The van der Waals surface area contributed by atoms with Crippen LogP contribution in [0.4, 0.5) is 0 Å². The van der Waals surface area contributed by atoms with Crippen LogP contribution >= 0.6 is 11.3 Å². The van der Waals surface area contributed by atoms with Gasteiger partial charge >= 0.3 is 0 Å². The van der Waals surface area contributed by atoms with E-state index in [2.05, 4.69) is 29.8 Å². The molecule has 1 aliphatic heterocycles. The summed E-state index contributed by atoms with van der Waals surface area (Å²) in [5.41, 5.74) is 0. The van der Waals surface area contributed by atoms with Crippen molar-refractivity contribution in [1.82, 2.24) is 5.32 Å². The molecule has 1 aromatic rings. The van der Waals surface area contributed by atoms with E-state index in [0.717, 1.165) is 13.0 Å². The van der Waals surface area contributed by atoms with Crippen molar-refractivity contribution in [2.75, 3.05) is 13.2 Å². The van der Waals surface area contributed by atoms with E-state index in [1.807, 2.05) is 0 Å². The molecule has 3 heteroatoms. The van der Waals surface area contributed by atoms with Gasteiger partial charge in [0.25, 0.3) is 0 Å². The molecule has 2 rings (SSSR count). The Morgan fingerprint density at radius 2 is 2.50 bits per heavy atom. The molecular formula is C13H21NOS. The molecular weight excluding hydrogens is 218 g/mol. The van der Waals surface area contributed by atoms with Gasteiger partial charge in [0.1, 0.15) is 0 Å². The number of hydrogen-bond donors (Lipinski definition) is 1. The first-order valence-electron chi connectivity index (χ1n) is 6.24. The number of nitrogens with one attached hydrogen (secondary N) is 1. The fraction of sp³-hybridized carbons (Fsp3) is 0.692. The fourth-order valence-corrected chi connectivity index (χ4v) is 2.89. The molecule has 2 atom stereocenters. The van der Waals surface area contributed by atoms with E-state index in [-0.39, 0.29) is 6.10 Å². The third kappa shape index (κ3) is 3.58. The van der Waals surface area contributed by atoms with E-state index in [0.29, 0.717) is 6.04 Å². The molecule has 1 N–H and O–H groups in total. The van der Waals surface area contributed by atoms with Gasteiger partial charge in [-0.1, -0.05) is 12.5 Å². The van der Waals surface area contributed by atoms with Crippen molar-refractivity contribution in [3.63, 3.8) is 0 Å². The topological polar surface area (TPSA) is 21.3 Å². The molecule has 16 heavy (non-hydrogen) atoms. The zero-order chi connectivity index (χ0) is 11.2. The smallest absolute Gasteiger partial charge is 0.0888 e. The first-order chi connectivity index (χ1) is 7.86. The van der Waals surface area contributed by atoms with Crippen molar-refractivity contribution in [3.05, 3.63) is 22.4 Å². The summed E-state index contributed by atoms with van der Waals surface area (Å²) in [6.07, 6.45) is 5.43. The van der Waals surface area contributed by atoms with Crippen LogP contribution in [0.25, 0.3) is 0 Å². The van der Waals surface area contributed by atoms with Gasteiger partial charge in [-0.2, -0.15) is 0 Å². The molecule has 90 valence electrons. The highest BCUT2D eigenvalue weighted by atomic mass is 32.1. The molecule has 1 fully saturated rings. The molecule has 0 spiro atoms. The lowest BCUT2D eigenvalue weighted by molar-refractivity contribution is 0.0595. The van der Waals surface area contributed by atoms with Crippen molar-refractivity contribution in [2.45, 2.75) is 44.8 Å². The molecule has 0 saturated carbocycles. The summed E-state index contributed by atoms with van der Waals surface area (Å²) in [7, 11) is 0. The highest BCUT2D eigenvalue weighted by Gasteiger charge is 2.13. The first-order valence-corrected chi connectivity index (χ1v) is 7.12. The zero-order valence-electron chi connectivity index (χ0n) is 9.95. The van der Waals surface area contributed by atoms with Gasteiger partial charge < -0.3 is 10.1 Å². The number of piperidine rings is 1.